The maximum absolute atomic E-state index is 9.29. The number of nitrogens with zero attached hydrogens (tertiary/aromatic N) is 3. The average Bonchev–Trinajstić information content (AvgIpc) is 2.35. The summed E-state index contributed by atoms with van der Waals surface area (Å²) in [6.07, 6.45) is 10.1. The van der Waals surface area contributed by atoms with Crippen molar-refractivity contribution in [2.45, 2.75) is 51.0 Å². The summed E-state index contributed by atoms with van der Waals surface area (Å²) in [5.74, 6) is 1.10. The molecule has 1 N–H and O–H groups in total. The Hall–Kier alpha value is -1.16. The molecule has 2 aliphatic rings. The number of anilines is 1. The molecule has 0 atom stereocenters. The van der Waals surface area contributed by atoms with Crippen molar-refractivity contribution < 1.29 is 5.11 Å². The summed E-state index contributed by atoms with van der Waals surface area (Å²) in [6, 6.07) is 0.582. The number of aryl methyl sites for hydroxylation is 1. The molecule has 0 radical (unpaired) electrons. The van der Waals surface area contributed by atoms with Gasteiger partial charge in [0.1, 0.15) is 12.1 Å². The topological polar surface area (TPSA) is 49.2 Å². The highest BCUT2D eigenvalue weighted by Gasteiger charge is 2.28. The molecule has 0 unspecified atom stereocenters. The Morgan fingerprint density at radius 3 is 2.72 bits per heavy atom. The molecule has 0 aromatic carbocycles. The largest absolute Gasteiger partial charge is 0.395 e. The van der Waals surface area contributed by atoms with Crippen molar-refractivity contribution in [1.82, 2.24) is 9.97 Å². The number of aliphatic hydroxyl groups is 1. The van der Waals surface area contributed by atoms with Crippen LogP contribution in [0.1, 0.15) is 43.4 Å². The van der Waals surface area contributed by atoms with E-state index in [4.69, 9.17) is 0 Å². The van der Waals surface area contributed by atoms with Gasteiger partial charge in [-0.25, -0.2) is 9.97 Å². The molecule has 0 amide bonds. The molecule has 0 aliphatic heterocycles. The normalized spacial score (nSPS) is 19.2. The molecule has 2 aliphatic carbocycles. The van der Waals surface area contributed by atoms with Crippen LogP contribution in [-0.2, 0) is 12.8 Å². The van der Waals surface area contributed by atoms with Gasteiger partial charge in [0.25, 0.3) is 0 Å². The third kappa shape index (κ3) is 2.09. The van der Waals surface area contributed by atoms with Crippen LogP contribution in [0.3, 0.4) is 0 Å². The summed E-state index contributed by atoms with van der Waals surface area (Å²) >= 11 is 0. The zero-order valence-electron chi connectivity index (χ0n) is 10.8. The Labute approximate surface area is 108 Å². The molecule has 0 spiro atoms. The summed E-state index contributed by atoms with van der Waals surface area (Å²) in [7, 11) is 0. The molecular formula is C14H21N3O. The van der Waals surface area contributed by atoms with Crippen LogP contribution >= 0.6 is 0 Å². The summed E-state index contributed by atoms with van der Waals surface area (Å²) in [4.78, 5) is 11.3. The summed E-state index contributed by atoms with van der Waals surface area (Å²) in [5, 5.41) is 9.29. The highest BCUT2D eigenvalue weighted by atomic mass is 16.3. The van der Waals surface area contributed by atoms with Crippen molar-refractivity contribution in [3.8, 4) is 0 Å². The van der Waals surface area contributed by atoms with Crippen LogP contribution in [-0.4, -0.2) is 34.3 Å². The zero-order chi connectivity index (χ0) is 12.4. The molecule has 1 heterocycles. The summed E-state index contributed by atoms with van der Waals surface area (Å²) < 4.78 is 0. The van der Waals surface area contributed by atoms with Crippen molar-refractivity contribution in [1.29, 1.82) is 0 Å². The highest BCUT2D eigenvalue weighted by molar-refractivity contribution is 5.50. The van der Waals surface area contributed by atoms with Gasteiger partial charge in [0, 0.05) is 23.8 Å². The molecular weight excluding hydrogens is 226 g/mol. The number of aromatic nitrogens is 2. The van der Waals surface area contributed by atoms with Crippen LogP contribution < -0.4 is 4.90 Å². The Morgan fingerprint density at radius 2 is 2.00 bits per heavy atom. The zero-order valence-corrected chi connectivity index (χ0v) is 10.8. The first-order valence-corrected chi connectivity index (χ1v) is 7.10. The number of hydrogen-bond acceptors (Lipinski definition) is 4. The van der Waals surface area contributed by atoms with E-state index in [0.29, 0.717) is 12.6 Å². The molecule has 1 fully saturated rings. The van der Waals surface area contributed by atoms with Crippen LogP contribution in [0.25, 0.3) is 0 Å². The molecule has 98 valence electrons. The Balaban J connectivity index is 1.92. The molecule has 0 saturated heterocycles. The Kier molecular flexibility index (Phi) is 3.46. The Morgan fingerprint density at radius 1 is 1.17 bits per heavy atom. The molecule has 1 aromatic rings. The minimum Gasteiger partial charge on any atom is -0.395 e. The van der Waals surface area contributed by atoms with Gasteiger partial charge in [-0.2, -0.15) is 0 Å². The lowest BCUT2D eigenvalue weighted by Crippen LogP contribution is -2.43. The van der Waals surface area contributed by atoms with Gasteiger partial charge in [-0.3, -0.25) is 0 Å². The lowest BCUT2D eigenvalue weighted by Gasteiger charge is -2.39. The second-order valence-corrected chi connectivity index (χ2v) is 5.33. The first-order valence-electron chi connectivity index (χ1n) is 7.10. The SMILES string of the molecule is OCCN(c1ncnc2c1CCCC2)C1CCC1. The van der Waals surface area contributed by atoms with E-state index in [0.717, 1.165) is 18.7 Å². The second-order valence-electron chi connectivity index (χ2n) is 5.33. The molecule has 1 aromatic heterocycles. The van der Waals surface area contributed by atoms with E-state index in [1.54, 1.807) is 6.33 Å². The van der Waals surface area contributed by atoms with Gasteiger partial charge in [-0.15, -0.1) is 0 Å². The maximum atomic E-state index is 9.29. The molecule has 0 bridgehead atoms. The Bertz CT molecular complexity index is 418. The van der Waals surface area contributed by atoms with Crippen LogP contribution in [0, 0.1) is 0 Å². The number of aliphatic hydroxyl groups excluding tert-OH is 1. The summed E-state index contributed by atoms with van der Waals surface area (Å²) in [6.45, 7) is 0.906. The van der Waals surface area contributed by atoms with Gasteiger partial charge < -0.3 is 10.0 Å². The van der Waals surface area contributed by atoms with Crippen molar-refractivity contribution in [3.05, 3.63) is 17.6 Å². The van der Waals surface area contributed by atoms with E-state index < -0.39 is 0 Å². The van der Waals surface area contributed by atoms with Crippen LogP contribution in [0.15, 0.2) is 6.33 Å². The fourth-order valence-electron chi connectivity index (χ4n) is 3.02. The quantitative estimate of drug-likeness (QED) is 0.880. The van der Waals surface area contributed by atoms with Gasteiger partial charge in [0.15, 0.2) is 0 Å². The molecule has 3 rings (SSSR count). The van der Waals surface area contributed by atoms with Crippen LogP contribution in [0.4, 0.5) is 5.82 Å². The number of hydrogen-bond donors (Lipinski definition) is 1. The standard InChI is InChI=1S/C14H21N3O/c18-9-8-17(11-4-3-5-11)14-12-6-1-2-7-13(12)15-10-16-14/h10-11,18H,1-9H2. The third-order valence-electron chi connectivity index (χ3n) is 4.23. The average molecular weight is 247 g/mol. The van der Waals surface area contributed by atoms with E-state index in [1.165, 1.54) is 43.4 Å². The summed E-state index contributed by atoms with van der Waals surface area (Å²) in [5.41, 5.74) is 2.57. The third-order valence-corrected chi connectivity index (χ3v) is 4.23. The first-order chi connectivity index (χ1) is 8.90. The molecule has 1 saturated carbocycles. The molecule has 18 heavy (non-hydrogen) atoms. The first kappa shape index (κ1) is 11.9. The van der Waals surface area contributed by atoms with E-state index in [-0.39, 0.29) is 6.61 Å². The smallest absolute Gasteiger partial charge is 0.135 e. The van der Waals surface area contributed by atoms with E-state index in [2.05, 4.69) is 14.9 Å². The number of fused-ring (bicyclic) bond motifs is 1. The second kappa shape index (κ2) is 5.22. The lowest BCUT2D eigenvalue weighted by atomic mass is 9.90. The van der Waals surface area contributed by atoms with E-state index in [1.807, 2.05) is 0 Å². The highest BCUT2D eigenvalue weighted by Crippen LogP contribution is 2.33. The number of rotatable bonds is 4. The monoisotopic (exact) mass is 247 g/mol. The van der Waals surface area contributed by atoms with Crippen LogP contribution in [0.2, 0.25) is 0 Å². The van der Waals surface area contributed by atoms with Crippen LogP contribution in [0.5, 0.6) is 0 Å². The van der Waals surface area contributed by atoms with Gasteiger partial charge in [0.2, 0.25) is 0 Å². The fourth-order valence-corrected chi connectivity index (χ4v) is 3.02. The van der Waals surface area contributed by atoms with Crippen molar-refractivity contribution >= 4 is 5.82 Å². The lowest BCUT2D eigenvalue weighted by molar-refractivity contribution is 0.282. The molecule has 4 heteroatoms. The molecule has 4 nitrogen and oxygen atoms in total. The van der Waals surface area contributed by atoms with Gasteiger partial charge in [0.05, 0.1) is 6.61 Å². The predicted molar refractivity (Wildman–Crippen MR) is 70.7 cm³/mol. The van der Waals surface area contributed by atoms with E-state index >= 15 is 0 Å². The van der Waals surface area contributed by atoms with E-state index in [9.17, 15) is 5.11 Å². The van der Waals surface area contributed by atoms with Gasteiger partial charge in [-0.1, -0.05) is 0 Å². The van der Waals surface area contributed by atoms with Gasteiger partial charge in [-0.05, 0) is 44.9 Å². The maximum Gasteiger partial charge on any atom is 0.135 e. The van der Waals surface area contributed by atoms with Crippen molar-refractivity contribution in [2.24, 2.45) is 0 Å². The van der Waals surface area contributed by atoms with Gasteiger partial charge >= 0.3 is 0 Å². The minimum atomic E-state index is 0.204. The minimum absolute atomic E-state index is 0.204. The fraction of sp³-hybridized carbons (Fsp3) is 0.714. The van der Waals surface area contributed by atoms with Crippen molar-refractivity contribution in [2.75, 3.05) is 18.1 Å². The predicted octanol–water partition coefficient (Wildman–Crippen LogP) is 1.71. The van der Waals surface area contributed by atoms with Crippen molar-refractivity contribution in [3.63, 3.8) is 0 Å².